The van der Waals surface area contributed by atoms with Gasteiger partial charge < -0.3 is 0 Å². The first-order valence-electron chi connectivity index (χ1n) is 4.40. The Kier molecular flexibility index (Phi) is 4.42. The number of rotatable bonds is 0. The van der Waals surface area contributed by atoms with Crippen LogP contribution < -0.4 is 0 Å². The third-order valence-electron chi connectivity index (χ3n) is 2.38. The van der Waals surface area contributed by atoms with Gasteiger partial charge in [-0.2, -0.15) is 0 Å². The van der Waals surface area contributed by atoms with Crippen LogP contribution in [0.4, 0.5) is 0 Å². The van der Waals surface area contributed by atoms with E-state index in [1.807, 2.05) is 13.8 Å². The monoisotopic (exact) mass is 140 g/mol. The molecule has 0 heterocycles. The van der Waals surface area contributed by atoms with E-state index in [0.29, 0.717) is 0 Å². The van der Waals surface area contributed by atoms with Crippen molar-refractivity contribution in [3.8, 4) is 0 Å². The lowest BCUT2D eigenvalue weighted by atomic mass is 9.93. The Labute approximate surface area is 65.3 Å². The molecule has 1 aliphatic rings. The molecule has 0 radical (unpaired) electrons. The van der Waals surface area contributed by atoms with Gasteiger partial charge in [-0.25, -0.2) is 0 Å². The number of allylic oxidation sites excluding steroid dienone is 2. The van der Waals surface area contributed by atoms with Gasteiger partial charge in [0.05, 0.1) is 0 Å². The normalized spacial score (nSPS) is 37.1. The van der Waals surface area contributed by atoms with Crippen LogP contribution in [0.3, 0.4) is 0 Å². The predicted octanol–water partition coefficient (Wildman–Crippen LogP) is 3.49. The maximum absolute atomic E-state index is 2.31. The zero-order valence-corrected chi connectivity index (χ0v) is 7.89. The molecule has 0 fully saturated rings. The molecule has 0 nitrogen and oxygen atoms in total. The van der Waals surface area contributed by atoms with Crippen LogP contribution >= 0.6 is 0 Å². The highest BCUT2D eigenvalue weighted by Crippen LogP contribution is 2.28. The molecule has 0 heteroatoms. The minimum Gasteiger partial charge on any atom is -0.0851 e. The summed E-state index contributed by atoms with van der Waals surface area (Å²) in [4.78, 5) is 0. The molecule has 2 unspecified atom stereocenters. The van der Waals surface area contributed by atoms with Crippen molar-refractivity contribution in [3.05, 3.63) is 12.2 Å². The summed E-state index contributed by atoms with van der Waals surface area (Å²) in [7, 11) is 0. The minimum absolute atomic E-state index is 0.810. The van der Waals surface area contributed by atoms with Crippen molar-refractivity contribution in [2.24, 2.45) is 17.8 Å². The van der Waals surface area contributed by atoms with Crippen molar-refractivity contribution in [1.82, 2.24) is 0 Å². The summed E-state index contributed by atoms with van der Waals surface area (Å²) in [6.07, 6.45) is 4.63. The van der Waals surface area contributed by atoms with Crippen molar-refractivity contribution in [3.63, 3.8) is 0 Å². The molecule has 1 rings (SSSR count). The molecule has 0 bridgehead atoms. The highest BCUT2D eigenvalue weighted by atomic mass is 14.2. The Bertz CT molecular complexity index is 90.6. The van der Waals surface area contributed by atoms with E-state index in [0.717, 1.165) is 17.8 Å². The van der Waals surface area contributed by atoms with Crippen molar-refractivity contribution in [2.45, 2.75) is 34.6 Å². The molecule has 0 saturated heterocycles. The Balaban J connectivity index is 0.000000371. The third kappa shape index (κ3) is 2.17. The summed E-state index contributed by atoms with van der Waals surface area (Å²) in [5.41, 5.74) is 0. The minimum atomic E-state index is 0.810. The van der Waals surface area contributed by atoms with E-state index in [4.69, 9.17) is 0 Å². The fourth-order valence-electron chi connectivity index (χ4n) is 1.18. The molecule has 2 atom stereocenters. The highest BCUT2D eigenvalue weighted by Gasteiger charge is 2.19. The fourth-order valence-corrected chi connectivity index (χ4v) is 1.18. The zero-order chi connectivity index (χ0) is 8.15. The van der Waals surface area contributed by atoms with E-state index < -0.39 is 0 Å². The maximum Gasteiger partial charge on any atom is -0.0231 e. The molecular formula is C10H20. The molecule has 60 valence electrons. The molecule has 0 aromatic carbocycles. The first kappa shape index (κ1) is 9.74. The van der Waals surface area contributed by atoms with Gasteiger partial charge in [0.25, 0.3) is 0 Å². The second-order valence-electron chi connectivity index (χ2n) is 2.96. The summed E-state index contributed by atoms with van der Waals surface area (Å²) in [5, 5.41) is 0. The van der Waals surface area contributed by atoms with Crippen LogP contribution in [0.15, 0.2) is 12.2 Å². The van der Waals surface area contributed by atoms with E-state index in [9.17, 15) is 0 Å². The molecule has 0 spiro atoms. The lowest BCUT2D eigenvalue weighted by molar-refractivity contribution is 0.406. The average molecular weight is 140 g/mol. The van der Waals surface area contributed by atoms with Crippen LogP contribution in [0.2, 0.25) is 0 Å². The van der Waals surface area contributed by atoms with E-state index in [1.54, 1.807) is 0 Å². The smallest absolute Gasteiger partial charge is 0.0231 e. The fraction of sp³-hybridized carbons (Fsp3) is 0.800. The summed E-state index contributed by atoms with van der Waals surface area (Å²) < 4.78 is 0. The molecular weight excluding hydrogens is 120 g/mol. The van der Waals surface area contributed by atoms with Gasteiger partial charge >= 0.3 is 0 Å². The Hall–Kier alpha value is -0.260. The van der Waals surface area contributed by atoms with E-state index in [2.05, 4.69) is 32.9 Å². The lowest BCUT2D eigenvalue weighted by Gasteiger charge is -2.12. The number of hydrogen-bond acceptors (Lipinski definition) is 0. The van der Waals surface area contributed by atoms with Crippen LogP contribution in [-0.2, 0) is 0 Å². The first-order valence-corrected chi connectivity index (χ1v) is 4.40. The van der Waals surface area contributed by atoms with Gasteiger partial charge in [-0.15, -0.1) is 0 Å². The maximum atomic E-state index is 2.31. The van der Waals surface area contributed by atoms with Gasteiger partial charge in [-0.1, -0.05) is 46.8 Å². The summed E-state index contributed by atoms with van der Waals surface area (Å²) in [5.74, 6) is 2.49. The van der Waals surface area contributed by atoms with Crippen LogP contribution in [0.25, 0.3) is 0 Å². The number of hydrogen-bond donors (Lipinski definition) is 0. The quantitative estimate of drug-likeness (QED) is 0.452. The third-order valence-corrected chi connectivity index (χ3v) is 2.38. The zero-order valence-electron chi connectivity index (χ0n) is 7.89. The standard InChI is InChI=1S/C8H14.C2H6/c1-6-4-5-7(2)8(6)3;1-2/h4-8H,1-3H3;1-2H3. The molecule has 1 aliphatic carbocycles. The van der Waals surface area contributed by atoms with Crippen molar-refractivity contribution < 1.29 is 0 Å². The van der Waals surface area contributed by atoms with Gasteiger partial charge in [0.2, 0.25) is 0 Å². The van der Waals surface area contributed by atoms with Gasteiger partial charge in [-0.3, -0.25) is 0 Å². The molecule has 0 N–H and O–H groups in total. The van der Waals surface area contributed by atoms with Crippen LogP contribution in [0.1, 0.15) is 34.6 Å². The molecule has 10 heavy (non-hydrogen) atoms. The molecule has 0 amide bonds. The molecule has 0 aromatic rings. The summed E-state index contributed by atoms with van der Waals surface area (Å²) >= 11 is 0. The summed E-state index contributed by atoms with van der Waals surface area (Å²) in [6.45, 7) is 10.9. The van der Waals surface area contributed by atoms with E-state index >= 15 is 0 Å². The van der Waals surface area contributed by atoms with E-state index in [-0.39, 0.29) is 0 Å². The molecule has 0 aromatic heterocycles. The Morgan fingerprint density at radius 3 is 1.20 bits per heavy atom. The van der Waals surface area contributed by atoms with Crippen molar-refractivity contribution >= 4 is 0 Å². The molecule has 0 saturated carbocycles. The molecule has 0 aliphatic heterocycles. The van der Waals surface area contributed by atoms with Crippen molar-refractivity contribution in [2.75, 3.05) is 0 Å². The first-order chi connectivity index (χ1) is 4.72. The van der Waals surface area contributed by atoms with Gasteiger partial charge in [0.15, 0.2) is 0 Å². The van der Waals surface area contributed by atoms with Crippen LogP contribution in [0, 0.1) is 17.8 Å². The van der Waals surface area contributed by atoms with Gasteiger partial charge in [0, 0.05) is 0 Å². The highest BCUT2D eigenvalue weighted by molar-refractivity contribution is 5.02. The SMILES string of the molecule is CC.CC1C=CC(C)C1C. The van der Waals surface area contributed by atoms with Crippen LogP contribution in [-0.4, -0.2) is 0 Å². The van der Waals surface area contributed by atoms with Gasteiger partial charge in [-0.05, 0) is 17.8 Å². The predicted molar refractivity (Wildman–Crippen MR) is 48.0 cm³/mol. The topological polar surface area (TPSA) is 0 Å². The van der Waals surface area contributed by atoms with Crippen molar-refractivity contribution in [1.29, 1.82) is 0 Å². The Morgan fingerprint density at radius 1 is 0.800 bits per heavy atom. The van der Waals surface area contributed by atoms with Crippen LogP contribution in [0.5, 0.6) is 0 Å². The summed E-state index contributed by atoms with van der Waals surface area (Å²) in [6, 6.07) is 0. The largest absolute Gasteiger partial charge is 0.0851 e. The van der Waals surface area contributed by atoms with E-state index in [1.165, 1.54) is 0 Å². The van der Waals surface area contributed by atoms with Gasteiger partial charge in [0.1, 0.15) is 0 Å². The second kappa shape index (κ2) is 4.54. The second-order valence-corrected chi connectivity index (χ2v) is 2.96. The average Bonchev–Trinajstić information content (AvgIpc) is 2.25. The Morgan fingerprint density at radius 2 is 1.10 bits per heavy atom. The lowest BCUT2D eigenvalue weighted by Crippen LogP contribution is -2.05.